The maximum absolute atomic E-state index is 13.3. The number of ether oxygens (including phenoxy) is 3. The van der Waals surface area contributed by atoms with Crippen LogP contribution >= 0.6 is 0 Å². The van der Waals surface area contributed by atoms with E-state index in [1.54, 1.807) is 17.0 Å². The molecule has 4 aliphatic heterocycles. The van der Waals surface area contributed by atoms with E-state index in [1.165, 1.54) is 0 Å². The summed E-state index contributed by atoms with van der Waals surface area (Å²) in [5, 5.41) is 11.7. The van der Waals surface area contributed by atoms with Crippen molar-refractivity contribution in [3.8, 4) is 11.5 Å². The van der Waals surface area contributed by atoms with E-state index in [-0.39, 0.29) is 12.7 Å². The lowest BCUT2D eigenvalue weighted by Gasteiger charge is -2.33. The molecule has 2 fully saturated rings. The molecule has 0 saturated carbocycles. The Hall–Kier alpha value is -2.80. The zero-order chi connectivity index (χ0) is 18.9. The summed E-state index contributed by atoms with van der Waals surface area (Å²) in [5.41, 5.74) is 0.615. The molecule has 4 heterocycles. The fourth-order valence-electron chi connectivity index (χ4n) is 4.95. The highest BCUT2D eigenvalue weighted by Crippen LogP contribution is 2.56. The van der Waals surface area contributed by atoms with Crippen LogP contribution in [0.4, 0.5) is 0 Å². The molecule has 1 spiro atoms. The second kappa shape index (κ2) is 5.36. The maximum atomic E-state index is 13.3. The van der Waals surface area contributed by atoms with Gasteiger partial charge < -0.3 is 29.0 Å². The van der Waals surface area contributed by atoms with Gasteiger partial charge in [-0.15, -0.1) is 0 Å². The zero-order valence-electron chi connectivity index (χ0n) is 14.7. The van der Waals surface area contributed by atoms with Crippen molar-refractivity contribution in [2.45, 2.75) is 31.2 Å². The largest absolute Gasteiger partial charge is 0.550 e. The lowest BCUT2D eigenvalue weighted by atomic mass is 9.74. The Morgan fingerprint density at radius 2 is 2.15 bits per heavy atom. The number of carboxylic acids is 1. The van der Waals surface area contributed by atoms with Crippen molar-refractivity contribution < 1.29 is 28.9 Å². The van der Waals surface area contributed by atoms with Crippen LogP contribution in [-0.4, -0.2) is 41.3 Å². The fourth-order valence-corrected chi connectivity index (χ4v) is 4.95. The first-order valence-corrected chi connectivity index (χ1v) is 8.85. The molecular weight excluding hydrogens is 350 g/mol. The smallest absolute Gasteiger partial charge is 0.231 e. The summed E-state index contributed by atoms with van der Waals surface area (Å²) in [4.78, 5) is 26.6. The van der Waals surface area contributed by atoms with Crippen molar-refractivity contribution in [2.75, 3.05) is 6.79 Å². The first-order valence-electron chi connectivity index (χ1n) is 8.85. The van der Waals surface area contributed by atoms with Crippen molar-refractivity contribution in [3.63, 3.8) is 0 Å². The van der Waals surface area contributed by atoms with Crippen molar-refractivity contribution in [3.05, 3.63) is 48.1 Å². The molecule has 1 aromatic carbocycles. The van der Waals surface area contributed by atoms with Crippen molar-refractivity contribution in [2.24, 2.45) is 11.8 Å². The molecule has 5 atom stereocenters. The van der Waals surface area contributed by atoms with Crippen LogP contribution in [0.3, 0.4) is 0 Å². The fraction of sp³-hybridized carbons (Fsp3) is 0.400. The van der Waals surface area contributed by atoms with Gasteiger partial charge in [-0.05, 0) is 24.6 Å². The molecule has 1 aromatic rings. The highest BCUT2D eigenvalue weighted by Gasteiger charge is 2.69. The van der Waals surface area contributed by atoms with E-state index >= 15 is 0 Å². The summed E-state index contributed by atoms with van der Waals surface area (Å²) in [7, 11) is 0. The summed E-state index contributed by atoms with van der Waals surface area (Å²) in [6.45, 7) is 6.35. The van der Waals surface area contributed by atoms with Crippen LogP contribution in [0.2, 0.25) is 0 Å². The van der Waals surface area contributed by atoms with Gasteiger partial charge in [0.2, 0.25) is 12.7 Å². The third-order valence-corrected chi connectivity index (χ3v) is 5.90. The van der Waals surface area contributed by atoms with Gasteiger partial charge in [0.25, 0.3) is 0 Å². The highest BCUT2D eigenvalue weighted by molar-refractivity contribution is 5.91. The molecule has 0 aliphatic carbocycles. The van der Waals surface area contributed by atoms with Gasteiger partial charge in [0.1, 0.15) is 5.60 Å². The lowest BCUT2D eigenvalue weighted by Crippen LogP contribution is -2.46. The normalized spacial score (nSPS) is 35.0. The van der Waals surface area contributed by atoms with Gasteiger partial charge in [-0.25, -0.2) is 0 Å². The van der Waals surface area contributed by atoms with E-state index in [1.807, 2.05) is 25.1 Å². The Morgan fingerprint density at radius 1 is 1.37 bits per heavy atom. The van der Waals surface area contributed by atoms with E-state index in [9.17, 15) is 14.7 Å². The number of carbonyl (C=O) groups excluding carboxylic acids is 2. The average molecular weight is 368 g/mol. The molecule has 7 heteroatoms. The maximum Gasteiger partial charge on any atom is 0.231 e. The number of aliphatic carboxylic acids is 1. The van der Waals surface area contributed by atoms with E-state index in [2.05, 4.69) is 6.58 Å². The number of benzene rings is 1. The molecule has 5 rings (SSSR count). The molecule has 140 valence electrons. The Morgan fingerprint density at radius 3 is 2.89 bits per heavy atom. The first kappa shape index (κ1) is 16.4. The summed E-state index contributed by atoms with van der Waals surface area (Å²) in [5.74, 6) is -1.98. The highest BCUT2D eigenvalue weighted by atomic mass is 16.7. The number of rotatable bonds is 4. The molecule has 0 unspecified atom stereocenters. The van der Waals surface area contributed by atoms with E-state index in [0.29, 0.717) is 18.0 Å². The molecule has 0 N–H and O–H groups in total. The van der Waals surface area contributed by atoms with Crippen LogP contribution in [0.15, 0.2) is 42.5 Å². The number of hydrogen-bond donors (Lipinski definition) is 0. The summed E-state index contributed by atoms with van der Waals surface area (Å²) in [6.07, 6.45) is 2.93. The first-order chi connectivity index (χ1) is 12.9. The van der Waals surface area contributed by atoms with Gasteiger partial charge in [-0.2, -0.15) is 0 Å². The number of carbonyl (C=O) groups is 2. The number of amides is 1. The van der Waals surface area contributed by atoms with Gasteiger partial charge in [-0.3, -0.25) is 4.79 Å². The minimum absolute atomic E-state index is 0.175. The van der Waals surface area contributed by atoms with Crippen molar-refractivity contribution in [1.82, 2.24) is 4.90 Å². The van der Waals surface area contributed by atoms with Gasteiger partial charge in [0.05, 0.1) is 18.1 Å². The van der Waals surface area contributed by atoms with Gasteiger partial charge in [-0.1, -0.05) is 30.4 Å². The van der Waals surface area contributed by atoms with E-state index < -0.39 is 35.6 Å². The van der Waals surface area contributed by atoms with Gasteiger partial charge in [0.15, 0.2) is 11.5 Å². The van der Waals surface area contributed by atoms with Gasteiger partial charge >= 0.3 is 0 Å². The average Bonchev–Trinajstić information content (AvgIpc) is 3.35. The second-order valence-corrected chi connectivity index (χ2v) is 7.52. The SMILES string of the molecule is C=C(C)[C@@H]1N(Cc2ccc3c(c2)OCO3)C(=O)[C@@H]2[C@@H](C(=O)[O-])[C@H]3C=C[C@@]21O3. The predicted octanol–water partition coefficient (Wildman–Crippen LogP) is 0.392. The number of carboxylic acid groups (broad SMARTS) is 1. The number of fused-ring (bicyclic) bond motifs is 2. The van der Waals surface area contributed by atoms with Crippen LogP contribution in [0.25, 0.3) is 0 Å². The molecule has 2 saturated heterocycles. The van der Waals surface area contributed by atoms with E-state index in [4.69, 9.17) is 14.2 Å². The Bertz CT molecular complexity index is 908. The van der Waals surface area contributed by atoms with Gasteiger partial charge in [0, 0.05) is 18.4 Å². The zero-order valence-corrected chi connectivity index (χ0v) is 14.7. The van der Waals surface area contributed by atoms with E-state index in [0.717, 1.165) is 11.1 Å². The quantitative estimate of drug-likeness (QED) is 0.715. The Kier molecular flexibility index (Phi) is 3.25. The molecule has 0 radical (unpaired) electrons. The minimum atomic E-state index is -1.25. The Balaban J connectivity index is 1.53. The Labute approximate surface area is 155 Å². The predicted molar refractivity (Wildman–Crippen MR) is 90.4 cm³/mol. The number of nitrogens with zero attached hydrogens (tertiary/aromatic N) is 1. The summed E-state index contributed by atoms with van der Waals surface area (Å²) in [6, 6.07) is 5.07. The lowest BCUT2D eigenvalue weighted by molar-refractivity contribution is -0.313. The van der Waals surface area contributed by atoms with Crippen LogP contribution in [0, 0.1) is 11.8 Å². The van der Waals surface area contributed by atoms with Crippen LogP contribution in [0.1, 0.15) is 12.5 Å². The molecule has 4 aliphatic rings. The summed E-state index contributed by atoms with van der Waals surface area (Å²) >= 11 is 0. The molecule has 0 aromatic heterocycles. The van der Waals surface area contributed by atoms with Crippen LogP contribution < -0.4 is 14.6 Å². The van der Waals surface area contributed by atoms with Crippen molar-refractivity contribution in [1.29, 1.82) is 0 Å². The molecule has 7 nitrogen and oxygen atoms in total. The molecule has 2 bridgehead atoms. The second-order valence-electron chi connectivity index (χ2n) is 7.52. The minimum Gasteiger partial charge on any atom is -0.550 e. The monoisotopic (exact) mass is 368 g/mol. The molecular formula is C20H18NO6-. The third-order valence-electron chi connectivity index (χ3n) is 5.90. The summed E-state index contributed by atoms with van der Waals surface area (Å²) < 4.78 is 16.8. The molecule has 27 heavy (non-hydrogen) atoms. The number of hydrogen-bond acceptors (Lipinski definition) is 6. The molecule has 1 amide bonds. The topological polar surface area (TPSA) is 88.1 Å². The van der Waals surface area contributed by atoms with Crippen molar-refractivity contribution >= 4 is 11.9 Å². The van der Waals surface area contributed by atoms with Crippen LogP contribution in [-0.2, 0) is 20.9 Å². The van der Waals surface area contributed by atoms with Crippen LogP contribution in [0.5, 0.6) is 11.5 Å². The standard InChI is InChI=1S/C20H19NO6/c1-10(2)17-20-6-5-13(27-20)15(19(23)24)16(20)18(22)21(17)8-11-3-4-12-14(7-11)26-9-25-12/h3-7,13,15-17H,1,8-9H2,2H3,(H,23,24)/p-1/t13-,15+,16+,17+,20-/m1/s1. The number of likely N-dealkylation sites (tertiary alicyclic amines) is 1. The third kappa shape index (κ3) is 2.06.